The predicted molar refractivity (Wildman–Crippen MR) is 98.6 cm³/mol. The van der Waals surface area contributed by atoms with Crippen molar-refractivity contribution >= 4 is 17.7 Å². The summed E-state index contributed by atoms with van der Waals surface area (Å²) in [6.45, 7) is -0.161. The fourth-order valence-corrected chi connectivity index (χ4v) is 4.23. The molecule has 3 aliphatic rings. The summed E-state index contributed by atoms with van der Waals surface area (Å²) in [5.74, 6) is -0.0519. The number of aromatic nitrogens is 1. The maximum Gasteiger partial charge on any atom is 0.434 e. The topological polar surface area (TPSA) is 71.5 Å². The van der Waals surface area contributed by atoms with Gasteiger partial charge in [0.05, 0.1) is 11.9 Å². The molecule has 32 heavy (non-hydrogen) atoms. The average molecular weight is 465 g/mol. The van der Waals surface area contributed by atoms with Gasteiger partial charge in [-0.1, -0.05) is 0 Å². The van der Waals surface area contributed by atoms with E-state index in [4.69, 9.17) is 0 Å². The summed E-state index contributed by atoms with van der Waals surface area (Å²) in [6.07, 6.45) is -12.4. The van der Waals surface area contributed by atoms with Crippen LogP contribution >= 0.6 is 0 Å². The smallest absolute Gasteiger partial charge is 0.426 e. The number of hydrogen-bond acceptors (Lipinski definition) is 4. The van der Waals surface area contributed by atoms with E-state index in [0.29, 0.717) is 30.9 Å². The Morgan fingerprint density at radius 1 is 1.09 bits per heavy atom. The Balaban J connectivity index is 1.28. The Labute approximate surface area is 179 Å². The fourth-order valence-electron chi connectivity index (χ4n) is 4.23. The van der Waals surface area contributed by atoms with Crippen molar-refractivity contribution in [2.45, 2.75) is 56.5 Å². The monoisotopic (exact) mass is 465 g/mol. The predicted octanol–water partition coefficient (Wildman–Crippen LogP) is 4.63. The van der Waals surface area contributed by atoms with E-state index < -0.39 is 30.0 Å². The summed E-state index contributed by atoms with van der Waals surface area (Å²) in [7, 11) is 0. The third kappa shape index (κ3) is 4.78. The van der Waals surface area contributed by atoms with E-state index in [-0.39, 0.29) is 24.9 Å². The number of anilines is 1. The Bertz CT molecular complexity index is 860. The minimum Gasteiger partial charge on any atom is -0.426 e. The van der Waals surface area contributed by atoms with Crippen molar-refractivity contribution in [3.63, 3.8) is 0 Å². The molecule has 2 heterocycles. The Morgan fingerprint density at radius 3 is 2.22 bits per heavy atom. The van der Waals surface area contributed by atoms with Crippen LogP contribution in [0, 0.1) is 11.3 Å². The van der Waals surface area contributed by atoms with Crippen molar-refractivity contribution < 1.29 is 40.7 Å². The summed E-state index contributed by atoms with van der Waals surface area (Å²) < 4.78 is 79.3. The van der Waals surface area contributed by atoms with Crippen molar-refractivity contribution in [2.75, 3.05) is 18.4 Å². The molecule has 12 heteroatoms. The van der Waals surface area contributed by atoms with Crippen LogP contribution in [-0.2, 0) is 9.53 Å². The van der Waals surface area contributed by atoms with E-state index in [1.165, 1.54) is 0 Å². The zero-order valence-electron chi connectivity index (χ0n) is 16.8. The van der Waals surface area contributed by atoms with E-state index in [1.807, 2.05) is 6.07 Å². The average Bonchev–Trinajstić information content (AvgIpc) is 3.62. The highest BCUT2D eigenvalue weighted by Gasteiger charge is 2.61. The van der Waals surface area contributed by atoms with Crippen molar-refractivity contribution in [3.05, 3.63) is 24.0 Å². The number of halogens is 6. The molecule has 1 N–H and O–H groups in total. The number of nitrogens with zero attached hydrogens (tertiary/aromatic N) is 2. The van der Waals surface area contributed by atoms with Crippen molar-refractivity contribution in [3.8, 4) is 0 Å². The van der Waals surface area contributed by atoms with E-state index in [1.54, 1.807) is 12.3 Å². The van der Waals surface area contributed by atoms with Crippen LogP contribution < -0.4 is 5.32 Å². The summed E-state index contributed by atoms with van der Waals surface area (Å²) in [6, 6.07) is 3.65. The third-order valence-electron chi connectivity index (χ3n) is 6.39. The van der Waals surface area contributed by atoms with E-state index in [2.05, 4.69) is 15.0 Å². The second-order valence-corrected chi connectivity index (χ2v) is 8.69. The fraction of sp³-hybridized carbons (Fsp3) is 0.650. The van der Waals surface area contributed by atoms with Gasteiger partial charge < -0.3 is 15.0 Å². The van der Waals surface area contributed by atoms with Crippen LogP contribution in [0.15, 0.2) is 18.3 Å². The van der Waals surface area contributed by atoms with Crippen LogP contribution in [-0.4, -0.2) is 53.4 Å². The zero-order valence-corrected chi connectivity index (χ0v) is 16.8. The minimum atomic E-state index is -5.75. The van der Waals surface area contributed by atoms with Crippen LogP contribution in [0.2, 0.25) is 0 Å². The first kappa shape index (κ1) is 22.7. The second kappa shape index (κ2) is 7.80. The van der Waals surface area contributed by atoms with Gasteiger partial charge in [-0.3, -0.25) is 9.78 Å². The Hall–Kier alpha value is -2.53. The van der Waals surface area contributed by atoms with Crippen molar-refractivity contribution in [2.24, 2.45) is 11.3 Å². The molecule has 0 aromatic carbocycles. The lowest BCUT2D eigenvalue weighted by Gasteiger charge is -2.33. The maximum absolute atomic E-state index is 12.6. The van der Waals surface area contributed by atoms with Gasteiger partial charge in [0.1, 0.15) is 0 Å². The van der Waals surface area contributed by atoms with Gasteiger partial charge in [0.15, 0.2) is 0 Å². The summed E-state index contributed by atoms with van der Waals surface area (Å²) in [5, 5.41) is 2.80. The van der Waals surface area contributed by atoms with Crippen LogP contribution in [0.5, 0.6) is 0 Å². The zero-order chi connectivity index (χ0) is 23.3. The molecule has 176 valence electrons. The number of piperidine rings is 1. The second-order valence-electron chi connectivity index (χ2n) is 8.69. The highest BCUT2D eigenvalue weighted by atomic mass is 19.4. The molecular formula is C20H21F6N3O3. The van der Waals surface area contributed by atoms with Gasteiger partial charge in [-0.05, 0) is 49.7 Å². The van der Waals surface area contributed by atoms with Crippen LogP contribution in [0.25, 0.3) is 0 Å². The quantitative estimate of drug-likeness (QED) is 0.659. The lowest BCUT2D eigenvalue weighted by molar-refractivity contribution is -0.308. The number of alkyl halides is 6. The first-order valence-electron chi connectivity index (χ1n) is 10.2. The van der Waals surface area contributed by atoms with Gasteiger partial charge in [0, 0.05) is 30.6 Å². The number of carbonyl (C=O) groups excluding carboxylic acids is 2. The standard InChI is InChI=1S/C20H21F6N3O3/c21-19(22,23)16(20(24,25)26)32-17(31)29-7-5-18(6-8-29)9-13(18)15(30)28-12-3-4-14(27-10-12)11-1-2-11/h3-4,10-11,13,16H,1-2,5-9H2,(H,28,30)/t13-/m1/s1. The highest BCUT2D eigenvalue weighted by Crippen LogP contribution is 2.59. The van der Waals surface area contributed by atoms with Crippen LogP contribution in [0.1, 0.15) is 43.7 Å². The van der Waals surface area contributed by atoms with Crippen LogP contribution in [0.4, 0.5) is 36.8 Å². The first-order chi connectivity index (χ1) is 14.9. The largest absolute Gasteiger partial charge is 0.434 e. The molecule has 6 nitrogen and oxygen atoms in total. The molecular weight excluding hydrogens is 444 g/mol. The van der Waals surface area contributed by atoms with Crippen molar-refractivity contribution in [1.29, 1.82) is 0 Å². The number of carbonyl (C=O) groups is 2. The van der Waals surface area contributed by atoms with E-state index in [9.17, 15) is 35.9 Å². The molecule has 0 bridgehead atoms. The molecule has 1 aromatic heterocycles. The van der Waals surface area contributed by atoms with Gasteiger partial charge in [-0.2, -0.15) is 26.3 Å². The van der Waals surface area contributed by atoms with Gasteiger partial charge >= 0.3 is 18.4 Å². The number of nitrogens with one attached hydrogen (secondary N) is 1. The molecule has 1 aromatic rings. The number of ether oxygens (including phenoxy) is 1. The van der Waals surface area contributed by atoms with Crippen molar-refractivity contribution in [1.82, 2.24) is 9.88 Å². The SMILES string of the molecule is O=C(Nc1ccc(C2CC2)nc1)[C@H]1CC12CCN(C(=O)OC(C(F)(F)F)C(F)(F)F)CC2. The van der Waals surface area contributed by atoms with Gasteiger partial charge in [-0.25, -0.2) is 4.79 Å². The molecule has 1 atom stereocenters. The summed E-state index contributed by atoms with van der Waals surface area (Å²) >= 11 is 0. The van der Waals surface area contributed by atoms with Gasteiger partial charge in [0.2, 0.25) is 5.91 Å². The Morgan fingerprint density at radius 2 is 1.72 bits per heavy atom. The summed E-state index contributed by atoms with van der Waals surface area (Å²) in [5.41, 5.74) is 1.15. The molecule has 3 fully saturated rings. The minimum absolute atomic E-state index is 0.0807. The van der Waals surface area contributed by atoms with Crippen LogP contribution in [0.3, 0.4) is 0 Å². The van der Waals surface area contributed by atoms with Gasteiger partial charge in [0.25, 0.3) is 6.10 Å². The molecule has 0 unspecified atom stereocenters. The molecule has 4 rings (SSSR count). The van der Waals surface area contributed by atoms with E-state index in [0.717, 1.165) is 23.4 Å². The molecule has 1 aliphatic heterocycles. The highest BCUT2D eigenvalue weighted by molar-refractivity contribution is 5.95. The molecule has 2 aliphatic carbocycles. The number of amides is 2. The summed E-state index contributed by atoms with van der Waals surface area (Å²) in [4.78, 5) is 29.6. The molecule has 0 radical (unpaired) electrons. The lowest BCUT2D eigenvalue weighted by atomic mass is 9.91. The third-order valence-corrected chi connectivity index (χ3v) is 6.39. The number of pyridine rings is 1. The number of hydrogen-bond donors (Lipinski definition) is 1. The lowest BCUT2D eigenvalue weighted by Crippen LogP contribution is -2.49. The van der Waals surface area contributed by atoms with Gasteiger partial charge in [-0.15, -0.1) is 0 Å². The maximum atomic E-state index is 12.6. The molecule has 2 saturated carbocycles. The first-order valence-corrected chi connectivity index (χ1v) is 10.2. The molecule has 2 amide bonds. The normalized spacial score (nSPS) is 22.7. The number of rotatable bonds is 4. The molecule has 1 saturated heterocycles. The van der Waals surface area contributed by atoms with E-state index >= 15 is 0 Å². The number of likely N-dealkylation sites (tertiary alicyclic amines) is 1. The molecule has 1 spiro atoms. The Kier molecular flexibility index (Phi) is 5.52.